The fourth-order valence-electron chi connectivity index (χ4n) is 3.10. The van der Waals surface area contributed by atoms with E-state index in [4.69, 9.17) is 16.6 Å². The van der Waals surface area contributed by atoms with Gasteiger partial charge in [-0.2, -0.15) is 0 Å². The van der Waals surface area contributed by atoms with E-state index in [1.54, 1.807) is 0 Å². The van der Waals surface area contributed by atoms with E-state index in [-0.39, 0.29) is 5.38 Å². The van der Waals surface area contributed by atoms with Gasteiger partial charge in [-0.15, -0.1) is 11.6 Å². The maximum Gasteiger partial charge on any atom is 0.127 e. The Morgan fingerprint density at radius 2 is 2.16 bits per heavy atom. The summed E-state index contributed by atoms with van der Waals surface area (Å²) in [5.74, 6) is 1.01. The van der Waals surface area contributed by atoms with Crippen molar-refractivity contribution in [2.24, 2.45) is 5.41 Å². The van der Waals surface area contributed by atoms with Crippen molar-refractivity contribution in [1.82, 2.24) is 9.55 Å². The fraction of sp³-hybridized carbons (Fsp3) is 0.562. The third kappa shape index (κ3) is 2.16. The van der Waals surface area contributed by atoms with Crippen LogP contribution in [0.4, 0.5) is 0 Å². The first-order chi connectivity index (χ1) is 9.00. The lowest BCUT2D eigenvalue weighted by molar-refractivity contribution is 0.132. The molecule has 1 aromatic carbocycles. The second-order valence-corrected chi connectivity index (χ2v) is 6.93. The summed E-state index contributed by atoms with van der Waals surface area (Å²) in [7, 11) is 0. The Labute approximate surface area is 119 Å². The Bertz CT molecular complexity index is 608. The average Bonchev–Trinajstić information content (AvgIpc) is 2.68. The van der Waals surface area contributed by atoms with Crippen molar-refractivity contribution in [2.45, 2.75) is 52.0 Å². The molecule has 19 heavy (non-hydrogen) atoms. The predicted octanol–water partition coefficient (Wildman–Crippen LogP) is 4.83. The van der Waals surface area contributed by atoms with Gasteiger partial charge >= 0.3 is 0 Å². The Hall–Kier alpha value is -1.02. The molecule has 3 heteroatoms. The SMILES string of the molecule is Cc1cccc2c1nc(C(C)Cl)n2CC1(C)CCC1. The van der Waals surface area contributed by atoms with Crippen LogP contribution in [0.25, 0.3) is 11.0 Å². The molecule has 1 fully saturated rings. The number of hydrogen-bond acceptors (Lipinski definition) is 1. The second kappa shape index (κ2) is 4.52. The largest absolute Gasteiger partial charge is 0.326 e. The number of alkyl halides is 1. The van der Waals surface area contributed by atoms with E-state index in [0.717, 1.165) is 17.9 Å². The minimum atomic E-state index is -0.0459. The van der Waals surface area contributed by atoms with Gasteiger partial charge in [0.15, 0.2) is 0 Å². The maximum absolute atomic E-state index is 6.34. The monoisotopic (exact) mass is 276 g/mol. The number of halogens is 1. The lowest BCUT2D eigenvalue weighted by atomic mass is 9.70. The minimum Gasteiger partial charge on any atom is -0.326 e. The molecule has 0 radical (unpaired) electrons. The van der Waals surface area contributed by atoms with Crippen LogP contribution in [0, 0.1) is 12.3 Å². The lowest BCUT2D eigenvalue weighted by Gasteiger charge is -2.39. The number of fused-ring (bicyclic) bond motifs is 1. The van der Waals surface area contributed by atoms with Crippen LogP contribution in [-0.4, -0.2) is 9.55 Å². The van der Waals surface area contributed by atoms with E-state index in [2.05, 4.69) is 36.6 Å². The summed E-state index contributed by atoms with van der Waals surface area (Å²) in [5, 5.41) is -0.0459. The summed E-state index contributed by atoms with van der Waals surface area (Å²) in [6.07, 6.45) is 3.98. The first-order valence-electron chi connectivity index (χ1n) is 7.10. The molecule has 0 N–H and O–H groups in total. The summed E-state index contributed by atoms with van der Waals surface area (Å²) in [4.78, 5) is 4.79. The Balaban J connectivity index is 2.14. The molecular weight excluding hydrogens is 256 g/mol. The third-order valence-electron chi connectivity index (χ3n) is 4.47. The zero-order valence-corrected chi connectivity index (χ0v) is 12.7. The van der Waals surface area contributed by atoms with Gasteiger partial charge in [-0.1, -0.05) is 25.5 Å². The Morgan fingerprint density at radius 1 is 1.42 bits per heavy atom. The summed E-state index contributed by atoms with van der Waals surface area (Å²) < 4.78 is 2.35. The highest BCUT2D eigenvalue weighted by atomic mass is 35.5. The van der Waals surface area contributed by atoms with Crippen molar-refractivity contribution >= 4 is 22.6 Å². The van der Waals surface area contributed by atoms with Gasteiger partial charge in [0.2, 0.25) is 0 Å². The molecule has 1 heterocycles. The van der Waals surface area contributed by atoms with E-state index >= 15 is 0 Å². The Kier molecular flexibility index (Phi) is 3.09. The molecule has 1 atom stereocenters. The number of benzene rings is 1. The molecule has 1 aliphatic carbocycles. The van der Waals surface area contributed by atoms with Gasteiger partial charge in [0.1, 0.15) is 5.82 Å². The van der Waals surface area contributed by atoms with Crippen LogP contribution in [0.1, 0.15) is 49.9 Å². The van der Waals surface area contributed by atoms with Crippen LogP contribution in [0.15, 0.2) is 18.2 Å². The van der Waals surface area contributed by atoms with Gasteiger partial charge in [0.05, 0.1) is 16.4 Å². The minimum absolute atomic E-state index is 0.0459. The Morgan fingerprint density at radius 3 is 2.74 bits per heavy atom. The van der Waals surface area contributed by atoms with E-state index in [9.17, 15) is 0 Å². The van der Waals surface area contributed by atoms with Crippen LogP contribution in [-0.2, 0) is 6.54 Å². The van der Waals surface area contributed by atoms with E-state index < -0.39 is 0 Å². The highest BCUT2D eigenvalue weighted by molar-refractivity contribution is 6.20. The van der Waals surface area contributed by atoms with Gasteiger partial charge < -0.3 is 4.57 Å². The number of rotatable bonds is 3. The molecule has 1 unspecified atom stereocenters. The highest BCUT2D eigenvalue weighted by Crippen LogP contribution is 2.43. The smallest absolute Gasteiger partial charge is 0.127 e. The van der Waals surface area contributed by atoms with Crippen LogP contribution >= 0.6 is 11.6 Å². The quantitative estimate of drug-likeness (QED) is 0.734. The molecule has 0 spiro atoms. The van der Waals surface area contributed by atoms with Crippen LogP contribution in [0.2, 0.25) is 0 Å². The number of nitrogens with zero attached hydrogens (tertiary/aromatic N) is 2. The summed E-state index contributed by atoms with van der Waals surface area (Å²) in [6, 6.07) is 6.40. The van der Waals surface area contributed by atoms with Crippen molar-refractivity contribution in [1.29, 1.82) is 0 Å². The molecule has 102 valence electrons. The standard InChI is InChI=1S/C16H21ClN2/c1-11-6-4-7-13-14(11)18-15(12(2)17)19(13)10-16(3)8-5-9-16/h4,6-7,12H,5,8-10H2,1-3H3. The number of imidazole rings is 1. The van der Waals surface area contributed by atoms with Crippen LogP contribution in [0.5, 0.6) is 0 Å². The average molecular weight is 277 g/mol. The van der Waals surface area contributed by atoms with Gasteiger partial charge in [0, 0.05) is 6.54 Å². The third-order valence-corrected chi connectivity index (χ3v) is 4.66. The number of aromatic nitrogens is 2. The molecule has 3 rings (SSSR count). The van der Waals surface area contributed by atoms with Crippen molar-refractivity contribution in [3.8, 4) is 0 Å². The van der Waals surface area contributed by atoms with E-state index in [1.807, 2.05) is 6.92 Å². The maximum atomic E-state index is 6.34. The van der Waals surface area contributed by atoms with Gasteiger partial charge in [-0.05, 0) is 43.7 Å². The molecule has 2 nitrogen and oxygen atoms in total. The zero-order valence-electron chi connectivity index (χ0n) is 11.9. The van der Waals surface area contributed by atoms with E-state index in [0.29, 0.717) is 5.41 Å². The normalized spacial score (nSPS) is 19.4. The first kappa shape index (κ1) is 13.0. The van der Waals surface area contributed by atoms with E-state index in [1.165, 1.54) is 30.3 Å². The van der Waals surface area contributed by atoms with Crippen LogP contribution in [0.3, 0.4) is 0 Å². The summed E-state index contributed by atoms with van der Waals surface area (Å²) in [5.41, 5.74) is 4.00. The number of para-hydroxylation sites is 1. The molecule has 1 aromatic heterocycles. The number of hydrogen-bond donors (Lipinski definition) is 0. The van der Waals surface area contributed by atoms with Crippen molar-refractivity contribution in [3.05, 3.63) is 29.6 Å². The molecular formula is C16H21ClN2. The lowest BCUT2D eigenvalue weighted by Crippen LogP contribution is -2.31. The molecule has 0 amide bonds. The highest BCUT2D eigenvalue weighted by Gasteiger charge is 2.33. The van der Waals surface area contributed by atoms with Crippen molar-refractivity contribution in [3.63, 3.8) is 0 Å². The van der Waals surface area contributed by atoms with Crippen molar-refractivity contribution in [2.75, 3.05) is 0 Å². The predicted molar refractivity (Wildman–Crippen MR) is 80.7 cm³/mol. The number of aryl methyl sites for hydroxylation is 1. The summed E-state index contributed by atoms with van der Waals surface area (Å²) >= 11 is 6.34. The topological polar surface area (TPSA) is 17.8 Å². The zero-order chi connectivity index (χ0) is 13.6. The second-order valence-electron chi connectivity index (χ2n) is 6.28. The molecule has 1 aliphatic rings. The van der Waals surface area contributed by atoms with Crippen LogP contribution < -0.4 is 0 Å². The molecule has 0 bridgehead atoms. The molecule has 1 saturated carbocycles. The molecule has 0 aliphatic heterocycles. The fourth-order valence-corrected chi connectivity index (χ4v) is 3.26. The van der Waals surface area contributed by atoms with Gasteiger partial charge in [-0.25, -0.2) is 4.98 Å². The first-order valence-corrected chi connectivity index (χ1v) is 7.54. The van der Waals surface area contributed by atoms with Crippen molar-refractivity contribution < 1.29 is 0 Å². The molecule has 2 aromatic rings. The summed E-state index contributed by atoms with van der Waals surface area (Å²) in [6.45, 7) is 7.55. The van der Waals surface area contributed by atoms with Gasteiger partial charge in [-0.3, -0.25) is 0 Å². The van der Waals surface area contributed by atoms with Gasteiger partial charge in [0.25, 0.3) is 0 Å². The molecule has 0 saturated heterocycles.